The lowest BCUT2D eigenvalue weighted by Gasteiger charge is -2.05. The van der Waals surface area contributed by atoms with E-state index in [1.165, 1.54) is 0 Å². The molecule has 76 valence electrons. The maximum absolute atomic E-state index is 5.59. The van der Waals surface area contributed by atoms with Gasteiger partial charge in [-0.2, -0.15) is 0 Å². The van der Waals surface area contributed by atoms with Gasteiger partial charge in [-0.05, 0) is 42.0 Å². The average Bonchev–Trinajstić information content (AvgIpc) is 2.30. The number of hydrogen-bond donors (Lipinski definition) is 1. The number of hydrogen-bond acceptors (Lipinski definition) is 3. The second-order valence-electron chi connectivity index (χ2n) is 3.14. The third-order valence-electron chi connectivity index (χ3n) is 1.99. The van der Waals surface area contributed by atoms with Crippen molar-refractivity contribution in [3.63, 3.8) is 0 Å². The predicted molar refractivity (Wildman–Crippen MR) is 62.3 cm³/mol. The van der Waals surface area contributed by atoms with Crippen LogP contribution in [0.15, 0.2) is 53.7 Å². The molecule has 0 radical (unpaired) electrons. The van der Waals surface area contributed by atoms with E-state index in [1.54, 1.807) is 12.4 Å². The second-order valence-corrected chi connectivity index (χ2v) is 3.65. The monoisotopic (exact) mass is 217 g/mol. The van der Waals surface area contributed by atoms with Gasteiger partial charge < -0.3 is 4.74 Å². The van der Waals surface area contributed by atoms with Gasteiger partial charge in [-0.3, -0.25) is 4.98 Å². The molecule has 2 aromatic rings. The molecule has 2 nitrogen and oxygen atoms in total. The van der Waals surface area contributed by atoms with Crippen molar-refractivity contribution >= 4 is 12.6 Å². The quantitative estimate of drug-likeness (QED) is 0.798. The molecule has 0 atom stereocenters. The summed E-state index contributed by atoms with van der Waals surface area (Å²) in [6, 6.07) is 11.5. The van der Waals surface area contributed by atoms with E-state index >= 15 is 0 Å². The highest BCUT2D eigenvalue weighted by Gasteiger charge is 1.94. The topological polar surface area (TPSA) is 22.1 Å². The summed E-state index contributed by atoms with van der Waals surface area (Å²) < 4.78 is 5.59. The van der Waals surface area contributed by atoms with Crippen molar-refractivity contribution in [3.05, 3.63) is 54.4 Å². The van der Waals surface area contributed by atoms with Crippen LogP contribution < -0.4 is 4.74 Å². The van der Waals surface area contributed by atoms with Crippen LogP contribution in [0.5, 0.6) is 5.75 Å². The van der Waals surface area contributed by atoms with Crippen LogP contribution in [0, 0.1) is 0 Å². The van der Waals surface area contributed by atoms with Crippen molar-refractivity contribution in [2.24, 2.45) is 0 Å². The first-order valence-corrected chi connectivity index (χ1v) is 5.10. The number of nitrogens with zero attached hydrogens (tertiary/aromatic N) is 1. The summed E-state index contributed by atoms with van der Waals surface area (Å²) >= 11 is 4.21. The van der Waals surface area contributed by atoms with Crippen molar-refractivity contribution in [2.75, 3.05) is 0 Å². The molecule has 0 aliphatic heterocycles. The lowest BCUT2D eigenvalue weighted by atomic mass is 10.3. The van der Waals surface area contributed by atoms with Crippen molar-refractivity contribution in [1.82, 2.24) is 4.98 Å². The molecule has 15 heavy (non-hydrogen) atoms. The molecule has 3 heteroatoms. The third kappa shape index (κ3) is 2.99. The standard InChI is InChI=1S/C12H11NOS/c15-12-3-1-11(2-4-12)14-9-10-5-7-13-8-6-10/h1-8,15H,9H2. The highest BCUT2D eigenvalue weighted by Crippen LogP contribution is 2.15. The van der Waals surface area contributed by atoms with Crippen LogP contribution in [-0.4, -0.2) is 4.98 Å². The van der Waals surface area contributed by atoms with Crippen LogP contribution in [0.2, 0.25) is 0 Å². The Balaban J connectivity index is 1.96. The summed E-state index contributed by atoms with van der Waals surface area (Å²) in [5.41, 5.74) is 1.11. The number of rotatable bonds is 3. The van der Waals surface area contributed by atoms with Gasteiger partial charge in [0.05, 0.1) is 0 Å². The maximum Gasteiger partial charge on any atom is 0.119 e. The molecular formula is C12H11NOS. The first-order valence-electron chi connectivity index (χ1n) is 4.65. The van der Waals surface area contributed by atoms with E-state index in [4.69, 9.17) is 4.74 Å². The Morgan fingerprint density at radius 2 is 1.67 bits per heavy atom. The Bertz CT molecular complexity index is 413. The fraction of sp³-hybridized carbons (Fsp3) is 0.0833. The fourth-order valence-electron chi connectivity index (χ4n) is 1.19. The molecule has 0 saturated carbocycles. The maximum atomic E-state index is 5.59. The molecule has 0 spiro atoms. The largest absolute Gasteiger partial charge is 0.489 e. The summed E-state index contributed by atoms with van der Waals surface area (Å²) in [4.78, 5) is 4.88. The van der Waals surface area contributed by atoms with E-state index in [0.29, 0.717) is 6.61 Å². The first-order chi connectivity index (χ1) is 7.34. The number of pyridine rings is 1. The lowest BCUT2D eigenvalue weighted by Crippen LogP contribution is -1.94. The van der Waals surface area contributed by atoms with Gasteiger partial charge in [0.15, 0.2) is 0 Å². The fourth-order valence-corrected chi connectivity index (χ4v) is 1.34. The van der Waals surface area contributed by atoms with Crippen molar-refractivity contribution in [3.8, 4) is 5.75 Å². The minimum Gasteiger partial charge on any atom is -0.489 e. The molecule has 0 N–H and O–H groups in total. The van der Waals surface area contributed by atoms with Gasteiger partial charge in [0.25, 0.3) is 0 Å². The van der Waals surface area contributed by atoms with E-state index in [2.05, 4.69) is 17.6 Å². The van der Waals surface area contributed by atoms with Gasteiger partial charge in [0.1, 0.15) is 12.4 Å². The molecular weight excluding hydrogens is 206 g/mol. The number of benzene rings is 1. The molecule has 0 unspecified atom stereocenters. The summed E-state index contributed by atoms with van der Waals surface area (Å²) in [6.07, 6.45) is 3.52. The summed E-state index contributed by atoms with van der Waals surface area (Å²) in [5, 5.41) is 0. The minimum absolute atomic E-state index is 0.564. The average molecular weight is 217 g/mol. The zero-order valence-electron chi connectivity index (χ0n) is 8.13. The van der Waals surface area contributed by atoms with Crippen molar-refractivity contribution in [1.29, 1.82) is 0 Å². The molecule has 0 fully saturated rings. The van der Waals surface area contributed by atoms with E-state index in [9.17, 15) is 0 Å². The van der Waals surface area contributed by atoms with Crippen LogP contribution in [0.3, 0.4) is 0 Å². The summed E-state index contributed by atoms with van der Waals surface area (Å²) in [6.45, 7) is 0.564. The van der Waals surface area contributed by atoms with Crippen molar-refractivity contribution < 1.29 is 4.74 Å². The highest BCUT2D eigenvalue weighted by atomic mass is 32.1. The van der Waals surface area contributed by atoms with Gasteiger partial charge in [-0.15, -0.1) is 12.6 Å². The molecule has 0 amide bonds. The molecule has 0 bridgehead atoms. The van der Waals surface area contributed by atoms with Crippen LogP contribution in [-0.2, 0) is 6.61 Å². The van der Waals surface area contributed by atoms with Gasteiger partial charge in [0.2, 0.25) is 0 Å². The first kappa shape index (κ1) is 10.1. The zero-order chi connectivity index (χ0) is 10.5. The Hall–Kier alpha value is -1.48. The van der Waals surface area contributed by atoms with Gasteiger partial charge in [-0.25, -0.2) is 0 Å². The smallest absolute Gasteiger partial charge is 0.119 e. The molecule has 1 aromatic carbocycles. The summed E-state index contributed by atoms with van der Waals surface area (Å²) in [7, 11) is 0. The van der Waals surface area contributed by atoms with E-state index in [0.717, 1.165) is 16.2 Å². The number of ether oxygens (including phenoxy) is 1. The van der Waals surface area contributed by atoms with Crippen LogP contribution >= 0.6 is 12.6 Å². The zero-order valence-corrected chi connectivity index (χ0v) is 9.02. The molecule has 1 heterocycles. The van der Waals surface area contributed by atoms with Crippen LogP contribution in [0.1, 0.15) is 5.56 Å². The predicted octanol–water partition coefficient (Wildman–Crippen LogP) is 2.95. The van der Waals surface area contributed by atoms with E-state index in [1.807, 2.05) is 36.4 Å². The van der Waals surface area contributed by atoms with Gasteiger partial charge in [-0.1, -0.05) is 0 Å². The molecule has 0 aliphatic rings. The summed E-state index contributed by atoms with van der Waals surface area (Å²) in [5.74, 6) is 0.851. The van der Waals surface area contributed by atoms with Gasteiger partial charge >= 0.3 is 0 Å². The molecule has 2 rings (SSSR count). The number of aromatic nitrogens is 1. The Morgan fingerprint density at radius 3 is 2.33 bits per heavy atom. The van der Waals surface area contributed by atoms with E-state index in [-0.39, 0.29) is 0 Å². The Labute approximate surface area is 94.3 Å². The molecule has 0 saturated heterocycles. The minimum atomic E-state index is 0.564. The van der Waals surface area contributed by atoms with Gasteiger partial charge in [0, 0.05) is 17.3 Å². The molecule has 0 aliphatic carbocycles. The third-order valence-corrected chi connectivity index (χ3v) is 2.29. The van der Waals surface area contributed by atoms with Crippen LogP contribution in [0.25, 0.3) is 0 Å². The second kappa shape index (κ2) is 4.84. The lowest BCUT2D eigenvalue weighted by molar-refractivity contribution is 0.306. The normalized spacial score (nSPS) is 9.93. The number of thiol groups is 1. The van der Waals surface area contributed by atoms with Crippen molar-refractivity contribution in [2.45, 2.75) is 11.5 Å². The Morgan fingerprint density at radius 1 is 1.00 bits per heavy atom. The molecule has 1 aromatic heterocycles. The van der Waals surface area contributed by atoms with E-state index < -0.39 is 0 Å². The van der Waals surface area contributed by atoms with Crippen LogP contribution in [0.4, 0.5) is 0 Å². The SMILES string of the molecule is Sc1ccc(OCc2ccncc2)cc1. The Kier molecular flexibility index (Phi) is 3.25. The highest BCUT2D eigenvalue weighted by molar-refractivity contribution is 7.80.